The number of aromatic nitrogens is 2. The average Bonchev–Trinajstić information content (AvgIpc) is 3.11. The number of aliphatic hydroxyl groups is 1. The van der Waals surface area contributed by atoms with Gasteiger partial charge in [-0.25, -0.2) is 14.8 Å². The molecule has 1 aromatic carbocycles. The molecular formula is C24H26N4O5. The van der Waals surface area contributed by atoms with Gasteiger partial charge in [-0.05, 0) is 19.1 Å². The van der Waals surface area contributed by atoms with E-state index in [1.165, 1.54) is 4.90 Å². The highest BCUT2D eigenvalue weighted by atomic mass is 16.5. The van der Waals surface area contributed by atoms with Crippen LogP contribution in [-0.2, 0) is 14.3 Å². The fraction of sp³-hybridized carbons (Fsp3) is 0.417. The predicted octanol–water partition coefficient (Wildman–Crippen LogP) is 1.10. The van der Waals surface area contributed by atoms with Crippen molar-refractivity contribution in [3.8, 4) is 23.2 Å². The highest BCUT2D eigenvalue weighted by Gasteiger charge is 2.42. The Morgan fingerprint density at radius 2 is 2.03 bits per heavy atom. The zero-order valence-electron chi connectivity index (χ0n) is 18.7. The number of carbonyl (C=O) groups excluding carboxylic acids is 2. The van der Waals surface area contributed by atoms with Gasteiger partial charge in [0.05, 0.1) is 19.8 Å². The number of carbonyl (C=O) groups is 2. The number of hydrogen-bond acceptors (Lipinski definition) is 8. The molecule has 9 nitrogen and oxygen atoms in total. The van der Waals surface area contributed by atoms with Gasteiger partial charge in [0.1, 0.15) is 5.82 Å². The largest absolute Gasteiger partial charge is 0.461 e. The minimum Gasteiger partial charge on any atom is -0.461 e. The summed E-state index contributed by atoms with van der Waals surface area (Å²) in [6, 6.07) is 8.80. The fourth-order valence-electron chi connectivity index (χ4n) is 3.71. The second-order valence-corrected chi connectivity index (χ2v) is 7.92. The normalized spacial score (nSPS) is 20.4. The van der Waals surface area contributed by atoms with Crippen LogP contribution in [0.15, 0.2) is 30.3 Å². The number of likely N-dealkylation sites (N-methyl/N-ethyl adjacent to an activating group) is 1. The van der Waals surface area contributed by atoms with E-state index in [1.807, 2.05) is 11.0 Å². The number of ether oxygens (including phenoxy) is 2. The molecule has 4 rings (SSSR count). The van der Waals surface area contributed by atoms with Crippen molar-refractivity contribution in [1.29, 1.82) is 0 Å². The Bertz CT molecular complexity index is 1120. The van der Waals surface area contributed by atoms with E-state index >= 15 is 0 Å². The van der Waals surface area contributed by atoms with Crippen LogP contribution in [0.5, 0.6) is 0 Å². The van der Waals surface area contributed by atoms with Crippen molar-refractivity contribution < 1.29 is 24.2 Å². The van der Waals surface area contributed by atoms with E-state index < -0.39 is 17.5 Å². The van der Waals surface area contributed by atoms with Crippen molar-refractivity contribution in [2.45, 2.75) is 18.9 Å². The molecule has 2 saturated heterocycles. The Kier molecular flexibility index (Phi) is 6.58. The second kappa shape index (κ2) is 9.57. The number of morpholine rings is 1. The third-order valence-corrected chi connectivity index (χ3v) is 5.58. The zero-order chi connectivity index (χ0) is 23.4. The molecule has 2 aliphatic rings. The van der Waals surface area contributed by atoms with E-state index in [0.29, 0.717) is 55.6 Å². The first kappa shape index (κ1) is 22.7. The molecule has 172 valence electrons. The first-order chi connectivity index (χ1) is 15.9. The van der Waals surface area contributed by atoms with Crippen LogP contribution in [0.3, 0.4) is 0 Å². The molecule has 33 heavy (non-hydrogen) atoms. The fourth-order valence-corrected chi connectivity index (χ4v) is 3.71. The van der Waals surface area contributed by atoms with Crippen LogP contribution in [0.2, 0.25) is 0 Å². The van der Waals surface area contributed by atoms with Gasteiger partial charge in [0.15, 0.2) is 11.5 Å². The first-order valence-electron chi connectivity index (χ1n) is 10.9. The third-order valence-electron chi connectivity index (χ3n) is 5.58. The van der Waals surface area contributed by atoms with Crippen molar-refractivity contribution in [1.82, 2.24) is 14.9 Å². The molecule has 2 aliphatic heterocycles. The van der Waals surface area contributed by atoms with Gasteiger partial charge in [0.2, 0.25) is 5.60 Å². The topological polar surface area (TPSA) is 105 Å². The van der Waals surface area contributed by atoms with Gasteiger partial charge >= 0.3 is 5.97 Å². The van der Waals surface area contributed by atoms with Gasteiger partial charge in [-0.15, -0.1) is 0 Å². The summed E-state index contributed by atoms with van der Waals surface area (Å²) in [6.45, 7) is 4.92. The number of benzene rings is 1. The lowest BCUT2D eigenvalue weighted by atomic mass is 10.0. The molecule has 0 aliphatic carbocycles. The first-order valence-corrected chi connectivity index (χ1v) is 10.9. The molecule has 1 amide bonds. The van der Waals surface area contributed by atoms with Gasteiger partial charge in [0, 0.05) is 50.3 Å². The summed E-state index contributed by atoms with van der Waals surface area (Å²) in [5.41, 5.74) is -0.242. The van der Waals surface area contributed by atoms with Crippen LogP contribution < -0.4 is 4.90 Å². The Balaban J connectivity index is 1.68. The number of rotatable bonds is 4. The zero-order valence-corrected chi connectivity index (χ0v) is 18.7. The van der Waals surface area contributed by atoms with E-state index in [2.05, 4.69) is 21.8 Å². The molecule has 2 fully saturated rings. The molecule has 2 aromatic rings. The number of likely N-dealkylation sites (tertiary alicyclic amines) is 1. The molecule has 0 bridgehead atoms. The van der Waals surface area contributed by atoms with Crippen molar-refractivity contribution in [2.75, 3.05) is 51.4 Å². The SMILES string of the molecule is CCOC(=O)c1cc(N2CCOCC2)nc(-c2cccc(C#C[C@]3(O)CCN(C)C3=O)c2)n1. The third kappa shape index (κ3) is 4.97. The number of amides is 1. The van der Waals surface area contributed by atoms with E-state index in [4.69, 9.17) is 9.47 Å². The molecule has 0 saturated carbocycles. The highest BCUT2D eigenvalue weighted by Crippen LogP contribution is 2.24. The Hall–Kier alpha value is -3.48. The van der Waals surface area contributed by atoms with Crippen LogP contribution in [-0.4, -0.2) is 84.0 Å². The van der Waals surface area contributed by atoms with E-state index in [0.717, 1.165) is 0 Å². The van der Waals surface area contributed by atoms with Gasteiger partial charge in [-0.1, -0.05) is 24.0 Å². The average molecular weight is 450 g/mol. The van der Waals surface area contributed by atoms with Crippen molar-refractivity contribution in [3.05, 3.63) is 41.6 Å². The number of hydrogen-bond donors (Lipinski definition) is 1. The quantitative estimate of drug-likeness (QED) is 0.546. The van der Waals surface area contributed by atoms with Gasteiger partial charge in [0.25, 0.3) is 5.91 Å². The maximum absolute atomic E-state index is 12.4. The molecule has 9 heteroatoms. The summed E-state index contributed by atoms with van der Waals surface area (Å²) in [5.74, 6) is 5.69. The molecule has 1 N–H and O–H groups in total. The van der Waals surface area contributed by atoms with Crippen LogP contribution in [0.1, 0.15) is 29.4 Å². The van der Waals surface area contributed by atoms with Crippen LogP contribution in [0.25, 0.3) is 11.4 Å². The van der Waals surface area contributed by atoms with E-state index in [9.17, 15) is 14.7 Å². The Labute approximate surface area is 192 Å². The van der Waals surface area contributed by atoms with Crippen LogP contribution >= 0.6 is 0 Å². The lowest BCUT2D eigenvalue weighted by Crippen LogP contribution is -2.37. The van der Waals surface area contributed by atoms with Gasteiger partial charge in [-0.2, -0.15) is 0 Å². The number of nitrogens with zero attached hydrogens (tertiary/aromatic N) is 4. The van der Waals surface area contributed by atoms with Crippen molar-refractivity contribution in [2.24, 2.45) is 0 Å². The maximum Gasteiger partial charge on any atom is 0.357 e. The van der Waals surface area contributed by atoms with Crippen LogP contribution in [0.4, 0.5) is 5.82 Å². The molecule has 1 aromatic heterocycles. The molecule has 3 heterocycles. The Morgan fingerprint density at radius 3 is 2.73 bits per heavy atom. The monoisotopic (exact) mass is 450 g/mol. The minimum atomic E-state index is -1.67. The lowest BCUT2D eigenvalue weighted by Gasteiger charge is -2.28. The number of esters is 1. The summed E-state index contributed by atoms with van der Waals surface area (Å²) in [4.78, 5) is 37.2. The minimum absolute atomic E-state index is 0.175. The molecule has 0 radical (unpaired) electrons. The predicted molar refractivity (Wildman–Crippen MR) is 121 cm³/mol. The molecular weight excluding hydrogens is 424 g/mol. The van der Waals surface area contributed by atoms with Gasteiger partial charge in [-0.3, -0.25) is 4.79 Å². The molecule has 0 spiro atoms. The maximum atomic E-state index is 12.4. The van der Waals surface area contributed by atoms with E-state index in [1.54, 1.807) is 38.2 Å². The summed E-state index contributed by atoms with van der Waals surface area (Å²) < 4.78 is 10.6. The smallest absolute Gasteiger partial charge is 0.357 e. The van der Waals surface area contributed by atoms with Gasteiger partial charge < -0.3 is 24.4 Å². The Morgan fingerprint density at radius 1 is 1.24 bits per heavy atom. The van der Waals surface area contributed by atoms with Crippen molar-refractivity contribution >= 4 is 17.7 Å². The number of anilines is 1. The summed E-state index contributed by atoms with van der Waals surface area (Å²) in [6.07, 6.45) is 0.266. The summed E-state index contributed by atoms with van der Waals surface area (Å²) >= 11 is 0. The standard InChI is InChI=1S/C24H26N4O5/c1-3-33-22(29)19-16-20(28-11-13-32-14-12-28)26-21(25-19)18-6-4-5-17(15-18)7-8-24(31)9-10-27(2)23(24)30/h4-6,15-16,31H,3,9-14H2,1-2H3/t24-/m0/s1. The second-order valence-electron chi connectivity index (χ2n) is 7.92. The van der Waals surface area contributed by atoms with E-state index in [-0.39, 0.29) is 18.7 Å². The van der Waals surface area contributed by atoms with Crippen LogP contribution in [0, 0.1) is 11.8 Å². The summed E-state index contributed by atoms with van der Waals surface area (Å²) in [5, 5.41) is 10.5. The molecule has 1 atom stereocenters. The summed E-state index contributed by atoms with van der Waals surface area (Å²) in [7, 11) is 1.64. The van der Waals surface area contributed by atoms with Crippen molar-refractivity contribution in [3.63, 3.8) is 0 Å². The highest BCUT2D eigenvalue weighted by molar-refractivity contribution is 5.90. The molecule has 0 unspecified atom stereocenters. The lowest BCUT2D eigenvalue weighted by molar-refractivity contribution is -0.137.